The fraction of sp³-hybridized carbons (Fsp3) is 0.864. The van der Waals surface area contributed by atoms with E-state index in [1.807, 2.05) is 41.5 Å². The fourth-order valence-corrected chi connectivity index (χ4v) is 4.17. The quantitative estimate of drug-likeness (QED) is 0.364. The third-order valence-electron chi connectivity index (χ3n) is 6.74. The molecule has 1 aliphatic carbocycles. The van der Waals surface area contributed by atoms with Crippen LogP contribution in [-0.4, -0.2) is 30.4 Å². The fourth-order valence-electron chi connectivity index (χ4n) is 4.17. The van der Waals surface area contributed by atoms with Gasteiger partial charge in [-0.05, 0) is 72.1 Å². The maximum Gasteiger partial charge on any atom is 0.462 e. The van der Waals surface area contributed by atoms with E-state index in [2.05, 4.69) is 20.8 Å². The highest BCUT2D eigenvalue weighted by molar-refractivity contribution is 6.47. The summed E-state index contributed by atoms with van der Waals surface area (Å²) in [5.41, 5.74) is 0.875. The topological polar surface area (TPSA) is 44.8 Å². The smallest absolute Gasteiger partial charge is 0.459 e. The zero-order valence-corrected chi connectivity index (χ0v) is 18.8. The van der Waals surface area contributed by atoms with Crippen LogP contribution < -0.4 is 0 Å². The minimum absolute atomic E-state index is 0.00824. The van der Waals surface area contributed by atoms with Crippen molar-refractivity contribution in [1.29, 1.82) is 0 Å². The number of carbonyl (C=O) groups is 1. The molecular weight excluding hydrogens is 339 g/mol. The van der Waals surface area contributed by atoms with Crippen LogP contribution in [0.2, 0.25) is 6.32 Å². The van der Waals surface area contributed by atoms with Crippen LogP contribution in [0.15, 0.2) is 11.1 Å². The molecule has 0 amide bonds. The Balaban J connectivity index is 2.09. The van der Waals surface area contributed by atoms with Gasteiger partial charge in [0.1, 0.15) is 6.10 Å². The van der Waals surface area contributed by atoms with Crippen molar-refractivity contribution in [3.63, 3.8) is 0 Å². The third kappa shape index (κ3) is 5.17. The Morgan fingerprint density at radius 2 is 1.67 bits per heavy atom. The normalized spacial score (nSPS) is 29.7. The van der Waals surface area contributed by atoms with E-state index in [0.29, 0.717) is 29.6 Å². The van der Waals surface area contributed by atoms with Crippen molar-refractivity contribution in [2.24, 2.45) is 17.8 Å². The van der Waals surface area contributed by atoms with Gasteiger partial charge in [-0.2, -0.15) is 0 Å². The van der Waals surface area contributed by atoms with Crippen molar-refractivity contribution in [1.82, 2.24) is 0 Å². The predicted molar refractivity (Wildman–Crippen MR) is 110 cm³/mol. The summed E-state index contributed by atoms with van der Waals surface area (Å²) in [4.78, 5) is 13.0. The van der Waals surface area contributed by atoms with Gasteiger partial charge in [0.2, 0.25) is 0 Å². The molecule has 0 aromatic carbocycles. The van der Waals surface area contributed by atoms with Gasteiger partial charge in [0.25, 0.3) is 0 Å². The number of ether oxygens (including phenoxy) is 1. The largest absolute Gasteiger partial charge is 0.462 e. The van der Waals surface area contributed by atoms with Crippen LogP contribution >= 0.6 is 0 Å². The highest BCUT2D eigenvalue weighted by Crippen LogP contribution is 2.39. The highest BCUT2D eigenvalue weighted by Gasteiger charge is 2.51. The number of esters is 1. The Kier molecular flexibility index (Phi) is 6.90. The maximum atomic E-state index is 13.0. The van der Waals surface area contributed by atoms with Crippen LogP contribution in [0.25, 0.3) is 0 Å². The molecule has 0 N–H and O–H groups in total. The van der Waals surface area contributed by atoms with Gasteiger partial charge < -0.3 is 14.0 Å². The molecule has 3 atom stereocenters. The molecular formula is C22H39BO4. The van der Waals surface area contributed by atoms with Crippen LogP contribution in [-0.2, 0) is 18.8 Å². The maximum absolute atomic E-state index is 13.0. The summed E-state index contributed by atoms with van der Waals surface area (Å²) in [6, 6.07) is 0. The van der Waals surface area contributed by atoms with Crippen molar-refractivity contribution in [3.8, 4) is 0 Å². The summed E-state index contributed by atoms with van der Waals surface area (Å²) in [5, 5.41) is 0. The second-order valence-corrected chi connectivity index (χ2v) is 10.1. The summed E-state index contributed by atoms with van der Waals surface area (Å²) in [6.45, 7) is 18.8. The van der Waals surface area contributed by atoms with Gasteiger partial charge >= 0.3 is 13.1 Å². The predicted octanol–water partition coefficient (Wildman–Crippen LogP) is 5.42. The average Bonchev–Trinajstić information content (AvgIpc) is 2.71. The lowest BCUT2D eigenvalue weighted by atomic mass is 9.75. The Hall–Kier alpha value is -0.805. The van der Waals surface area contributed by atoms with E-state index in [0.717, 1.165) is 18.4 Å². The SMILES string of the molecule is CC(C)=C(CB1OC(C)(C)C(C)(C)O1)C(=O)O[C@@H]1C[C@H](C)CC[C@H]1C(C)C. The Morgan fingerprint density at radius 1 is 1.11 bits per heavy atom. The van der Waals surface area contributed by atoms with E-state index < -0.39 is 18.3 Å². The molecule has 2 fully saturated rings. The highest BCUT2D eigenvalue weighted by atomic mass is 16.7. The summed E-state index contributed by atoms with van der Waals surface area (Å²) < 4.78 is 18.3. The summed E-state index contributed by atoms with van der Waals surface area (Å²) in [5.74, 6) is 1.37. The number of rotatable bonds is 5. The molecule has 154 valence electrons. The Bertz CT molecular complexity index is 559. The second kappa shape index (κ2) is 8.28. The summed E-state index contributed by atoms with van der Waals surface area (Å²) in [6.07, 6.45) is 3.76. The summed E-state index contributed by atoms with van der Waals surface area (Å²) >= 11 is 0. The van der Waals surface area contributed by atoms with Crippen LogP contribution in [0, 0.1) is 17.8 Å². The van der Waals surface area contributed by atoms with E-state index in [-0.39, 0.29) is 12.1 Å². The van der Waals surface area contributed by atoms with Gasteiger partial charge in [0.05, 0.1) is 11.2 Å². The van der Waals surface area contributed by atoms with E-state index in [9.17, 15) is 4.79 Å². The van der Waals surface area contributed by atoms with Crippen molar-refractivity contribution >= 4 is 13.1 Å². The zero-order chi connectivity index (χ0) is 20.6. The third-order valence-corrected chi connectivity index (χ3v) is 6.74. The van der Waals surface area contributed by atoms with E-state index >= 15 is 0 Å². The number of allylic oxidation sites excluding steroid dienone is 1. The van der Waals surface area contributed by atoms with Crippen LogP contribution in [0.4, 0.5) is 0 Å². The molecule has 0 spiro atoms. The number of hydrogen-bond acceptors (Lipinski definition) is 4. The molecule has 0 radical (unpaired) electrons. The molecule has 0 bridgehead atoms. The van der Waals surface area contributed by atoms with Crippen molar-refractivity contribution in [2.75, 3.05) is 0 Å². The molecule has 0 aromatic rings. The van der Waals surface area contributed by atoms with Crippen molar-refractivity contribution in [3.05, 3.63) is 11.1 Å². The lowest BCUT2D eigenvalue weighted by Crippen LogP contribution is -2.41. The molecule has 5 heteroatoms. The first-order chi connectivity index (χ1) is 12.3. The summed E-state index contributed by atoms with van der Waals surface area (Å²) in [7, 11) is -0.418. The van der Waals surface area contributed by atoms with Crippen LogP contribution in [0.1, 0.15) is 81.6 Å². The first-order valence-electron chi connectivity index (χ1n) is 10.6. The monoisotopic (exact) mass is 378 g/mol. The minimum Gasteiger partial charge on any atom is -0.459 e. The van der Waals surface area contributed by atoms with Gasteiger partial charge in [-0.15, -0.1) is 0 Å². The molecule has 1 heterocycles. The van der Waals surface area contributed by atoms with E-state index in [1.165, 1.54) is 6.42 Å². The molecule has 2 rings (SSSR count). The molecule has 0 unspecified atom stereocenters. The molecule has 1 aliphatic heterocycles. The molecule has 2 aliphatic rings. The van der Waals surface area contributed by atoms with Crippen LogP contribution in [0.3, 0.4) is 0 Å². The lowest BCUT2D eigenvalue weighted by molar-refractivity contribution is -0.151. The molecule has 1 saturated heterocycles. The van der Waals surface area contributed by atoms with Gasteiger partial charge in [0, 0.05) is 11.9 Å². The van der Waals surface area contributed by atoms with Gasteiger partial charge in [-0.3, -0.25) is 0 Å². The van der Waals surface area contributed by atoms with Gasteiger partial charge in [-0.25, -0.2) is 4.79 Å². The van der Waals surface area contributed by atoms with Crippen molar-refractivity contribution < 1.29 is 18.8 Å². The second-order valence-electron chi connectivity index (χ2n) is 10.1. The Labute approximate surface area is 166 Å². The average molecular weight is 378 g/mol. The van der Waals surface area contributed by atoms with Crippen LogP contribution in [0.5, 0.6) is 0 Å². The molecule has 0 aromatic heterocycles. The van der Waals surface area contributed by atoms with Gasteiger partial charge in [0.15, 0.2) is 0 Å². The Morgan fingerprint density at radius 3 is 2.15 bits per heavy atom. The number of hydrogen-bond donors (Lipinski definition) is 0. The first-order valence-corrected chi connectivity index (χ1v) is 10.6. The van der Waals surface area contributed by atoms with Crippen molar-refractivity contribution in [2.45, 2.75) is 105 Å². The zero-order valence-electron chi connectivity index (χ0n) is 18.8. The van der Waals surface area contributed by atoms with Gasteiger partial charge in [-0.1, -0.05) is 32.8 Å². The van der Waals surface area contributed by atoms with E-state index in [1.54, 1.807) is 0 Å². The molecule has 27 heavy (non-hydrogen) atoms. The minimum atomic E-state index is -0.418. The molecule has 1 saturated carbocycles. The first kappa shape index (κ1) is 22.5. The standard InChI is InChI=1S/C22H39BO4/c1-14(2)17-11-10-16(5)12-19(17)25-20(24)18(15(3)4)13-23-26-21(6,7)22(8,9)27-23/h14,16-17,19H,10-13H2,1-9H3/t16-,17+,19-/m1/s1. The molecule has 4 nitrogen and oxygen atoms in total. The van der Waals surface area contributed by atoms with E-state index in [4.69, 9.17) is 14.0 Å². The lowest BCUT2D eigenvalue weighted by Gasteiger charge is -2.37. The number of carbonyl (C=O) groups excluding carboxylic acids is 1.